The van der Waals surface area contributed by atoms with Gasteiger partial charge >= 0.3 is 0 Å². The van der Waals surface area contributed by atoms with Gasteiger partial charge in [-0.15, -0.1) is 0 Å². The van der Waals surface area contributed by atoms with E-state index in [2.05, 4.69) is 11.9 Å². The molecule has 0 saturated carbocycles. The maximum absolute atomic E-state index is 11.2. The third-order valence-electron chi connectivity index (χ3n) is 2.86. The first-order valence-corrected chi connectivity index (χ1v) is 6.42. The largest absolute Gasteiger partial charge is 0.439 e. The van der Waals surface area contributed by atoms with Gasteiger partial charge in [0.1, 0.15) is 5.75 Å². The number of carbonyl (C=O) groups is 1. The lowest BCUT2D eigenvalue weighted by Gasteiger charge is -2.08. The summed E-state index contributed by atoms with van der Waals surface area (Å²) >= 11 is 0. The number of nitrogen functional groups attached to an aromatic ring is 1. The number of nitrogens with two attached hydrogens (primary N) is 2. The van der Waals surface area contributed by atoms with Crippen molar-refractivity contribution in [2.75, 3.05) is 5.73 Å². The first-order valence-electron chi connectivity index (χ1n) is 6.42. The molecular weight excluding hydrogens is 254 g/mol. The molecule has 4 N–H and O–H groups in total. The summed E-state index contributed by atoms with van der Waals surface area (Å²) in [6.07, 6.45) is 3.49. The molecule has 0 unspecified atom stereocenters. The standard InChI is InChI=1S/C15H17N3O2/c1-2-3-10-4-6-11(7-5-10)20-14-8-12(15(17)19)13(16)9-18-14/h4-9H,2-3,16H2,1H3,(H2,17,19). The highest BCUT2D eigenvalue weighted by atomic mass is 16.5. The lowest BCUT2D eigenvalue weighted by atomic mass is 10.1. The summed E-state index contributed by atoms with van der Waals surface area (Å²) in [5, 5.41) is 0. The molecule has 0 atom stereocenters. The van der Waals surface area contributed by atoms with Crippen LogP contribution in [0.5, 0.6) is 11.6 Å². The molecule has 0 saturated heterocycles. The van der Waals surface area contributed by atoms with Crippen molar-refractivity contribution in [2.24, 2.45) is 5.73 Å². The van der Waals surface area contributed by atoms with E-state index in [0.717, 1.165) is 12.8 Å². The first-order chi connectivity index (χ1) is 9.60. The van der Waals surface area contributed by atoms with Crippen LogP contribution < -0.4 is 16.2 Å². The maximum atomic E-state index is 11.2. The molecular formula is C15H17N3O2. The Morgan fingerprint density at radius 3 is 2.60 bits per heavy atom. The maximum Gasteiger partial charge on any atom is 0.251 e. The van der Waals surface area contributed by atoms with E-state index >= 15 is 0 Å². The fourth-order valence-electron chi connectivity index (χ4n) is 1.85. The summed E-state index contributed by atoms with van der Waals surface area (Å²) in [4.78, 5) is 15.2. The molecule has 1 amide bonds. The molecule has 1 aromatic heterocycles. The number of aromatic nitrogens is 1. The van der Waals surface area contributed by atoms with Crippen molar-refractivity contribution in [3.63, 3.8) is 0 Å². The minimum absolute atomic E-state index is 0.206. The highest BCUT2D eigenvalue weighted by molar-refractivity contribution is 5.98. The number of primary amides is 1. The second-order valence-corrected chi connectivity index (χ2v) is 4.47. The Morgan fingerprint density at radius 1 is 1.30 bits per heavy atom. The summed E-state index contributed by atoms with van der Waals surface area (Å²) in [7, 11) is 0. The van der Waals surface area contributed by atoms with Gasteiger partial charge in [0.25, 0.3) is 5.91 Å². The highest BCUT2D eigenvalue weighted by Gasteiger charge is 2.09. The fraction of sp³-hybridized carbons (Fsp3) is 0.200. The van der Waals surface area contributed by atoms with Gasteiger partial charge in [-0.2, -0.15) is 0 Å². The van der Waals surface area contributed by atoms with Gasteiger partial charge in [0, 0.05) is 6.07 Å². The van der Waals surface area contributed by atoms with E-state index in [0.29, 0.717) is 5.75 Å². The number of anilines is 1. The van der Waals surface area contributed by atoms with Gasteiger partial charge in [0.15, 0.2) is 0 Å². The molecule has 0 aliphatic heterocycles. The van der Waals surface area contributed by atoms with Crippen LogP contribution in [0.1, 0.15) is 29.3 Å². The summed E-state index contributed by atoms with van der Waals surface area (Å²) in [5.74, 6) is 0.335. The minimum atomic E-state index is -0.604. The highest BCUT2D eigenvalue weighted by Crippen LogP contribution is 2.23. The first kappa shape index (κ1) is 13.9. The molecule has 104 valence electrons. The molecule has 0 radical (unpaired) electrons. The predicted octanol–water partition coefficient (Wildman–Crippen LogP) is 2.51. The predicted molar refractivity (Wildman–Crippen MR) is 77.7 cm³/mol. The van der Waals surface area contributed by atoms with Crippen LogP contribution in [-0.4, -0.2) is 10.9 Å². The van der Waals surface area contributed by atoms with E-state index in [9.17, 15) is 4.79 Å². The Balaban J connectivity index is 2.17. The number of pyridine rings is 1. The number of amides is 1. The number of hydrogen-bond acceptors (Lipinski definition) is 4. The third-order valence-corrected chi connectivity index (χ3v) is 2.86. The molecule has 1 heterocycles. The van der Waals surface area contributed by atoms with E-state index in [1.807, 2.05) is 24.3 Å². The van der Waals surface area contributed by atoms with Gasteiger partial charge in [-0.3, -0.25) is 4.79 Å². The summed E-state index contributed by atoms with van der Waals surface area (Å²) in [5.41, 5.74) is 12.5. The van der Waals surface area contributed by atoms with E-state index in [-0.39, 0.29) is 17.1 Å². The Morgan fingerprint density at radius 2 is 2.00 bits per heavy atom. The van der Waals surface area contributed by atoms with Crippen LogP contribution >= 0.6 is 0 Å². The summed E-state index contributed by atoms with van der Waals surface area (Å²) in [6, 6.07) is 9.19. The Hall–Kier alpha value is -2.56. The Labute approximate surface area is 117 Å². The van der Waals surface area contributed by atoms with Gasteiger partial charge in [-0.1, -0.05) is 25.5 Å². The van der Waals surface area contributed by atoms with Crippen LogP contribution in [-0.2, 0) is 6.42 Å². The third kappa shape index (κ3) is 3.26. The van der Waals surface area contributed by atoms with Crippen LogP contribution in [0.3, 0.4) is 0 Å². The van der Waals surface area contributed by atoms with Crippen molar-refractivity contribution in [3.8, 4) is 11.6 Å². The number of nitrogens with zero attached hydrogens (tertiary/aromatic N) is 1. The summed E-state index contributed by atoms with van der Waals surface area (Å²) < 4.78 is 5.58. The molecule has 2 rings (SSSR count). The van der Waals surface area contributed by atoms with Crippen molar-refractivity contribution in [1.82, 2.24) is 4.98 Å². The zero-order valence-corrected chi connectivity index (χ0v) is 11.3. The molecule has 20 heavy (non-hydrogen) atoms. The number of rotatable bonds is 5. The van der Waals surface area contributed by atoms with E-state index < -0.39 is 5.91 Å². The quantitative estimate of drug-likeness (QED) is 0.874. The van der Waals surface area contributed by atoms with Gasteiger partial charge < -0.3 is 16.2 Å². The zero-order valence-electron chi connectivity index (χ0n) is 11.3. The van der Waals surface area contributed by atoms with Crippen molar-refractivity contribution in [2.45, 2.75) is 19.8 Å². The lowest BCUT2D eigenvalue weighted by molar-refractivity contribution is 0.100. The Kier molecular flexibility index (Phi) is 4.20. The normalized spacial score (nSPS) is 10.2. The number of aryl methyl sites for hydroxylation is 1. The minimum Gasteiger partial charge on any atom is -0.439 e. The average molecular weight is 271 g/mol. The van der Waals surface area contributed by atoms with Crippen LogP contribution in [0.4, 0.5) is 5.69 Å². The molecule has 1 aromatic carbocycles. The van der Waals surface area contributed by atoms with E-state index in [1.165, 1.54) is 17.8 Å². The molecule has 2 aromatic rings. The molecule has 0 fully saturated rings. The molecule has 0 spiro atoms. The fourth-order valence-corrected chi connectivity index (χ4v) is 1.85. The van der Waals surface area contributed by atoms with Crippen molar-refractivity contribution in [3.05, 3.63) is 47.7 Å². The van der Waals surface area contributed by atoms with Crippen molar-refractivity contribution < 1.29 is 9.53 Å². The van der Waals surface area contributed by atoms with Crippen molar-refractivity contribution in [1.29, 1.82) is 0 Å². The SMILES string of the molecule is CCCc1ccc(Oc2cc(C(N)=O)c(N)cn2)cc1. The van der Waals surface area contributed by atoms with Gasteiger partial charge in [0.2, 0.25) is 5.88 Å². The number of benzene rings is 1. The van der Waals surface area contributed by atoms with Crippen LogP contribution in [0, 0.1) is 0 Å². The number of hydrogen-bond donors (Lipinski definition) is 2. The van der Waals surface area contributed by atoms with Crippen molar-refractivity contribution >= 4 is 11.6 Å². The number of ether oxygens (including phenoxy) is 1. The molecule has 0 bridgehead atoms. The van der Waals surface area contributed by atoms with Crippen LogP contribution in [0.2, 0.25) is 0 Å². The molecule has 0 aliphatic rings. The van der Waals surface area contributed by atoms with Crippen LogP contribution in [0.25, 0.3) is 0 Å². The average Bonchev–Trinajstić information content (AvgIpc) is 2.43. The van der Waals surface area contributed by atoms with Gasteiger partial charge in [-0.25, -0.2) is 4.98 Å². The van der Waals surface area contributed by atoms with E-state index in [1.54, 1.807) is 0 Å². The molecule has 5 heteroatoms. The Bertz CT molecular complexity index is 609. The molecule has 5 nitrogen and oxygen atoms in total. The van der Waals surface area contributed by atoms with Gasteiger partial charge in [-0.05, 0) is 24.1 Å². The smallest absolute Gasteiger partial charge is 0.251 e. The van der Waals surface area contributed by atoms with Crippen LogP contribution in [0.15, 0.2) is 36.5 Å². The van der Waals surface area contributed by atoms with E-state index in [4.69, 9.17) is 16.2 Å². The lowest BCUT2D eigenvalue weighted by Crippen LogP contribution is -2.13. The zero-order chi connectivity index (χ0) is 14.5. The summed E-state index contributed by atoms with van der Waals surface area (Å²) in [6.45, 7) is 2.13. The second-order valence-electron chi connectivity index (χ2n) is 4.47. The molecule has 0 aliphatic carbocycles. The van der Waals surface area contributed by atoms with Gasteiger partial charge in [0.05, 0.1) is 17.4 Å². The topological polar surface area (TPSA) is 91.2 Å². The number of carbonyl (C=O) groups excluding carboxylic acids is 1. The second kappa shape index (κ2) is 6.06. The monoisotopic (exact) mass is 271 g/mol.